The quantitative estimate of drug-likeness (QED) is 0.298. The van der Waals surface area contributed by atoms with Gasteiger partial charge in [0.2, 0.25) is 0 Å². The maximum Gasteiger partial charge on any atom is 0.345 e. The van der Waals surface area contributed by atoms with E-state index in [1.807, 2.05) is 0 Å². The molecule has 13 heteroatoms. The Kier molecular flexibility index (Phi) is 6.39. The van der Waals surface area contributed by atoms with Gasteiger partial charge < -0.3 is 35.1 Å². The first-order chi connectivity index (χ1) is 8.51. The zero-order valence-corrected chi connectivity index (χ0v) is 13.6. The molecule has 0 aromatic carbocycles. The molecule has 0 aliphatic rings. The van der Waals surface area contributed by atoms with Crippen molar-refractivity contribution in [3.05, 3.63) is 0 Å². The van der Waals surface area contributed by atoms with Gasteiger partial charge in [-0.25, -0.2) is 0 Å². The van der Waals surface area contributed by atoms with Crippen LogP contribution >= 0.6 is 22.8 Å². The third-order valence-electron chi connectivity index (χ3n) is 3.03. The molecule has 0 bridgehead atoms. The van der Waals surface area contributed by atoms with Crippen molar-refractivity contribution in [2.24, 2.45) is 5.73 Å². The standard InChI is InChI=1S/C7H20NO9P3/c1-5(18(9,10)11)3-7(8,20(15,16)17)4-6(2)19(12,13)14/h5-6H,3-4,8H2,1-2H3,(H2,9,10,11)(H2,12,13,14)(H2,15,16,17). The smallest absolute Gasteiger partial charge is 0.324 e. The Morgan fingerprint density at radius 1 is 0.850 bits per heavy atom. The molecule has 0 heterocycles. The van der Waals surface area contributed by atoms with Crippen LogP contribution in [0.4, 0.5) is 0 Å². The van der Waals surface area contributed by atoms with E-state index >= 15 is 0 Å². The van der Waals surface area contributed by atoms with Gasteiger partial charge in [-0.15, -0.1) is 0 Å². The van der Waals surface area contributed by atoms with Gasteiger partial charge in [-0.2, -0.15) is 0 Å². The summed E-state index contributed by atoms with van der Waals surface area (Å²) in [7, 11) is -14.3. The summed E-state index contributed by atoms with van der Waals surface area (Å²) in [5, 5.41) is -2.42. The Morgan fingerprint density at radius 3 is 1.25 bits per heavy atom. The molecule has 2 atom stereocenters. The maximum atomic E-state index is 11.4. The van der Waals surface area contributed by atoms with Crippen LogP contribution in [0.1, 0.15) is 26.7 Å². The molecule has 0 spiro atoms. The Morgan fingerprint density at radius 2 is 1.10 bits per heavy atom. The molecule has 8 N–H and O–H groups in total. The summed E-state index contributed by atoms with van der Waals surface area (Å²) in [4.78, 5) is 54.3. The van der Waals surface area contributed by atoms with Gasteiger partial charge in [0.05, 0.1) is 11.3 Å². The van der Waals surface area contributed by atoms with Crippen LogP contribution in [0.5, 0.6) is 0 Å². The summed E-state index contributed by atoms with van der Waals surface area (Å²) in [5.74, 6) is 0. The van der Waals surface area contributed by atoms with Crippen LogP contribution in [0.2, 0.25) is 0 Å². The molecule has 0 aromatic rings. The zero-order valence-electron chi connectivity index (χ0n) is 10.9. The minimum Gasteiger partial charge on any atom is -0.324 e. The summed E-state index contributed by atoms with van der Waals surface area (Å²) < 4.78 is 33.5. The van der Waals surface area contributed by atoms with E-state index in [1.165, 1.54) is 0 Å². The Balaban J connectivity index is 5.41. The van der Waals surface area contributed by atoms with Crippen molar-refractivity contribution < 1.29 is 43.1 Å². The number of hydrogen-bond acceptors (Lipinski definition) is 4. The third-order valence-corrected chi connectivity index (χ3v) is 7.21. The van der Waals surface area contributed by atoms with Crippen molar-refractivity contribution in [2.45, 2.75) is 43.3 Å². The van der Waals surface area contributed by atoms with Crippen LogP contribution in [0.3, 0.4) is 0 Å². The van der Waals surface area contributed by atoms with E-state index in [4.69, 9.17) is 25.3 Å². The fourth-order valence-corrected chi connectivity index (χ4v) is 4.02. The van der Waals surface area contributed by atoms with Crippen molar-refractivity contribution in [2.75, 3.05) is 0 Å². The van der Waals surface area contributed by atoms with Gasteiger partial charge in [0.25, 0.3) is 0 Å². The van der Waals surface area contributed by atoms with E-state index in [2.05, 4.69) is 0 Å². The van der Waals surface area contributed by atoms with Gasteiger partial charge in [-0.1, -0.05) is 13.8 Å². The van der Waals surface area contributed by atoms with Crippen LogP contribution in [-0.2, 0) is 13.7 Å². The summed E-state index contributed by atoms with van der Waals surface area (Å²) >= 11 is 0. The second kappa shape index (κ2) is 6.26. The molecule has 0 saturated heterocycles. The Hall–Kier alpha value is 0.410. The van der Waals surface area contributed by atoms with E-state index in [0.29, 0.717) is 0 Å². The highest BCUT2D eigenvalue weighted by Gasteiger charge is 2.49. The summed E-state index contributed by atoms with van der Waals surface area (Å²) in [6.07, 6.45) is -1.54. The van der Waals surface area contributed by atoms with Gasteiger partial charge in [-0.3, -0.25) is 13.7 Å². The van der Waals surface area contributed by atoms with Crippen molar-refractivity contribution in [1.82, 2.24) is 0 Å². The summed E-state index contributed by atoms with van der Waals surface area (Å²) in [6.45, 7) is 2.11. The topological polar surface area (TPSA) is 199 Å². The maximum absolute atomic E-state index is 11.4. The fourth-order valence-electron chi connectivity index (χ4n) is 1.58. The predicted octanol–water partition coefficient (Wildman–Crippen LogP) is -0.268. The van der Waals surface area contributed by atoms with Crippen LogP contribution in [0.25, 0.3) is 0 Å². The lowest BCUT2D eigenvalue weighted by atomic mass is 10.1. The van der Waals surface area contributed by atoms with Gasteiger partial charge in [0.15, 0.2) is 0 Å². The molecule has 122 valence electrons. The van der Waals surface area contributed by atoms with Gasteiger partial charge >= 0.3 is 22.8 Å². The van der Waals surface area contributed by atoms with E-state index < -0.39 is 52.2 Å². The monoisotopic (exact) mass is 355 g/mol. The fraction of sp³-hybridized carbons (Fsp3) is 1.00. The molecule has 0 fully saturated rings. The molecule has 0 rings (SSSR count). The zero-order chi connectivity index (χ0) is 16.6. The van der Waals surface area contributed by atoms with Gasteiger partial charge in [0.1, 0.15) is 5.28 Å². The number of nitrogens with two attached hydrogens (primary N) is 1. The van der Waals surface area contributed by atoms with E-state index in [9.17, 15) is 23.5 Å². The highest BCUT2D eigenvalue weighted by molar-refractivity contribution is 7.54. The van der Waals surface area contributed by atoms with Crippen LogP contribution in [0.15, 0.2) is 0 Å². The molecule has 0 aliphatic carbocycles. The lowest BCUT2D eigenvalue weighted by Crippen LogP contribution is -2.44. The third kappa shape index (κ3) is 5.66. The molecule has 10 nitrogen and oxygen atoms in total. The molecule has 0 aromatic heterocycles. The first kappa shape index (κ1) is 20.4. The average Bonchev–Trinajstić information content (AvgIpc) is 2.12. The SMILES string of the molecule is CC(CC(N)(CC(C)P(=O)(O)O)P(=O)(O)O)P(=O)(O)O. The van der Waals surface area contributed by atoms with E-state index in [1.54, 1.807) is 0 Å². The number of hydrogen-bond donors (Lipinski definition) is 7. The molecule has 0 amide bonds. The van der Waals surface area contributed by atoms with E-state index in [-0.39, 0.29) is 0 Å². The summed E-state index contributed by atoms with van der Waals surface area (Å²) in [5.41, 5.74) is 2.61. The minimum absolute atomic E-state index is 0.772. The van der Waals surface area contributed by atoms with Gasteiger partial charge in [0, 0.05) is 0 Å². The number of rotatable bonds is 7. The molecule has 0 saturated carbocycles. The Bertz CT molecular complexity index is 446. The first-order valence-corrected chi connectivity index (χ1v) is 10.4. The molecule has 0 aliphatic heterocycles. The van der Waals surface area contributed by atoms with Crippen LogP contribution in [-0.4, -0.2) is 46.0 Å². The lowest BCUT2D eigenvalue weighted by Gasteiger charge is -2.34. The van der Waals surface area contributed by atoms with Crippen molar-refractivity contribution in [3.63, 3.8) is 0 Å². The average molecular weight is 355 g/mol. The second-order valence-corrected chi connectivity index (χ2v) is 11.0. The largest absolute Gasteiger partial charge is 0.345 e. The first-order valence-electron chi connectivity index (χ1n) is 5.45. The van der Waals surface area contributed by atoms with Crippen LogP contribution < -0.4 is 5.73 Å². The van der Waals surface area contributed by atoms with Crippen LogP contribution in [0, 0.1) is 0 Å². The predicted molar refractivity (Wildman–Crippen MR) is 71.2 cm³/mol. The molecule has 2 unspecified atom stereocenters. The highest BCUT2D eigenvalue weighted by Crippen LogP contribution is 2.58. The minimum atomic E-state index is -5.04. The summed E-state index contributed by atoms with van der Waals surface area (Å²) in [6, 6.07) is 0. The highest BCUT2D eigenvalue weighted by atomic mass is 31.2. The van der Waals surface area contributed by atoms with Crippen molar-refractivity contribution >= 4 is 22.8 Å². The Labute approximate surface area is 115 Å². The molecule has 0 radical (unpaired) electrons. The lowest BCUT2D eigenvalue weighted by molar-refractivity contribution is 0.290. The van der Waals surface area contributed by atoms with E-state index in [0.717, 1.165) is 13.8 Å². The molecular formula is C7H20NO9P3. The molecular weight excluding hydrogens is 335 g/mol. The molecule has 20 heavy (non-hydrogen) atoms. The second-order valence-electron chi connectivity index (χ2n) is 4.93. The normalized spacial score (nSPS) is 20.2. The van der Waals surface area contributed by atoms with Gasteiger partial charge in [-0.05, 0) is 12.8 Å². The van der Waals surface area contributed by atoms with Crippen molar-refractivity contribution in [1.29, 1.82) is 0 Å². The van der Waals surface area contributed by atoms with Crippen molar-refractivity contribution in [3.8, 4) is 0 Å².